The van der Waals surface area contributed by atoms with Gasteiger partial charge in [-0.1, -0.05) is 30.9 Å². The Kier molecular flexibility index (Phi) is 12.3. The Bertz CT molecular complexity index is 1270. The second-order valence-electron chi connectivity index (χ2n) is 7.65. The van der Waals surface area contributed by atoms with Crippen LogP contribution < -0.4 is 4.74 Å². The highest BCUT2D eigenvalue weighted by Crippen LogP contribution is 2.23. The van der Waals surface area contributed by atoms with Gasteiger partial charge in [0.05, 0.1) is 5.56 Å². The molecular weight excluding hydrogens is 472 g/mol. The first kappa shape index (κ1) is 30.1. The number of phenols is 1. The van der Waals surface area contributed by atoms with Crippen molar-refractivity contribution < 1.29 is 33.8 Å². The Morgan fingerprint density at radius 3 is 1.73 bits per heavy atom. The molecule has 0 fully saturated rings. The van der Waals surface area contributed by atoms with Gasteiger partial charge in [0, 0.05) is 11.1 Å². The number of rotatable bonds is 7. The smallest absolute Gasteiger partial charge is 0.343 e. The third kappa shape index (κ3) is 10.5. The van der Waals surface area contributed by atoms with Crippen LogP contribution in [-0.2, 0) is 14.4 Å². The number of carbonyl (C=O) groups is 5. The third-order valence-electron chi connectivity index (χ3n) is 4.66. The maximum atomic E-state index is 12.5. The highest BCUT2D eigenvalue weighted by atomic mass is 16.5. The van der Waals surface area contributed by atoms with E-state index in [1.54, 1.807) is 49.4 Å². The van der Waals surface area contributed by atoms with Gasteiger partial charge < -0.3 is 9.84 Å². The first-order valence-corrected chi connectivity index (χ1v) is 11.0. The molecule has 0 heterocycles. The lowest BCUT2D eigenvalue weighted by molar-refractivity contribution is -0.126. The van der Waals surface area contributed by atoms with Gasteiger partial charge in [-0.3, -0.25) is 19.2 Å². The van der Waals surface area contributed by atoms with E-state index >= 15 is 0 Å². The van der Waals surface area contributed by atoms with Gasteiger partial charge >= 0.3 is 5.97 Å². The number of carbonyl (C=O) groups excluding carboxylic acids is 5. The highest BCUT2D eigenvalue weighted by Gasteiger charge is 2.14. The fourth-order valence-corrected chi connectivity index (χ4v) is 2.58. The highest BCUT2D eigenvalue weighted by molar-refractivity contribution is 6.30. The van der Waals surface area contributed by atoms with Gasteiger partial charge in [0.2, 0.25) is 5.78 Å². The molecule has 1 N–H and O–H groups in total. The molecule has 0 saturated carbocycles. The van der Waals surface area contributed by atoms with Crippen molar-refractivity contribution in [2.45, 2.75) is 20.8 Å². The molecule has 3 aromatic carbocycles. The number of aldehydes is 1. The Morgan fingerprint density at radius 1 is 0.784 bits per heavy atom. The van der Waals surface area contributed by atoms with Gasteiger partial charge in [-0.2, -0.15) is 0 Å². The number of benzene rings is 3. The molecular formula is C30H28O7. The Morgan fingerprint density at radius 2 is 1.30 bits per heavy atom. The lowest BCUT2D eigenvalue weighted by Crippen LogP contribution is -2.10. The van der Waals surface area contributed by atoms with Crippen molar-refractivity contribution in [2.75, 3.05) is 0 Å². The topological polar surface area (TPSA) is 115 Å². The molecule has 7 heteroatoms. The van der Waals surface area contributed by atoms with Crippen LogP contribution >= 0.6 is 0 Å². The summed E-state index contributed by atoms with van der Waals surface area (Å²) in [5, 5.41) is 9.32. The van der Waals surface area contributed by atoms with Crippen LogP contribution in [0.1, 0.15) is 44.3 Å². The Labute approximate surface area is 215 Å². The van der Waals surface area contributed by atoms with Gasteiger partial charge in [0.25, 0.3) is 0 Å². The molecule has 0 spiro atoms. The van der Waals surface area contributed by atoms with E-state index in [4.69, 9.17) is 4.74 Å². The summed E-state index contributed by atoms with van der Waals surface area (Å²) in [4.78, 5) is 53.4. The molecule has 0 aliphatic carbocycles. The predicted octanol–water partition coefficient (Wildman–Crippen LogP) is 5.16. The van der Waals surface area contributed by atoms with Crippen LogP contribution in [0, 0.1) is 13.8 Å². The summed E-state index contributed by atoms with van der Waals surface area (Å²) in [6.45, 7) is 11.5. The summed E-state index contributed by atoms with van der Waals surface area (Å²) in [6.07, 6.45) is 2.46. The number of hydrogen-bond donors (Lipinski definition) is 1. The quantitative estimate of drug-likeness (QED) is 0.119. The average molecular weight is 501 g/mol. The molecule has 190 valence electrons. The minimum absolute atomic E-state index is 0.0185. The van der Waals surface area contributed by atoms with E-state index in [0.29, 0.717) is 28.0 Å². The second-order valence-corrected chi connectivity index (χ2v) is 7.65. The van der Waals surface area contributed by atoms with Crippen LogP contribution in [0.25, 0.3) is 0 Å². The van der Waals surface area contributed by atoms with Gasteiger partial charge in [0.15, 0.2) is 17.9 Å². The number of aromatic hydroxyl groups is 1. The van der Waals surface area contributed by atoms with Gasteiger partial charge in [0.1, 0.15) is 11.5 Å². The van der Waals surface area contributed by atoms with Crippen LogP contribution in [-0.4, -0.2) is 34.7 Å². The van der Waals surface area contributed by atoms with E-state index in [1.165, 1.54) is 25.1 Å². The maximum Gasteiger partial charge on any atom is 0.343 e. The van der Waals surface area contributed by atoms with Crippen LogP contribution in [0.3, 0.4) is 0 Å². The summed E-state index contributed by atoms with van der Waals surface area (Å²) < 4.78 is 5.44. The molecule has 0 radical (unpaired) electrons. The Balaban J connectivity index is 0.000000524. The number of esters is 1. The number of ketones is 3. The van der Waals surface area contributed by atoms with Crippen molar-refractivity contribution in [1.82, 2.24) is 0 Å². The van der Waals surface area contributed by atoms with Crippen LogP contribution in [0.2, 0.25) is 0 Å². The summed E-state index contributed by atoms with van der Waals surface area (Å²) >= 11 is 0. The number of phenolic OH excluding ortho intramolecular Hbond substituents is 1. The van der Waals surface area contributed by atoms with E-state index in [2.05, 4.69) is 13.2 Å². The molecule has 0 amide bonds. The number of aryl methyl sites for hydroxylation is 2. The van der Waals surface area contributed by atoms with Crippen LogP contribution in [0.4, 0.5) is 0 Å². The lowest BCUT2D eigenvalue weighted by atomic mass is 10.0. The molecule has 0 saturated heterocycles. The van der Waals surface area contributed by atoms with Crippen molar-refractivity contribution in [1.29, 1.82) is 0 Å². The van der Waals surface area contributed by atoms with E-state index in [0.717, 1.165) is 11.6 Å². The van der Waals surface area contributed by atoms with Crippen LogP contribution in [0.5, 0.6) is 11.5 Å². The van der Waals surface area contributed by atoms with Crippen molar-refractivity contribution in [3.63, 3.8) is 0 Å². The molecule has 0 aliphatic heterocycles. The summed E-state index contributed by atoms with van der Waals surface area (Å²) in [7, 11) is 0. The normalized spacial score (nSPS) is 9.27. The fourth-order valence-electron chi connectivity index (χ4n) is 2.58. The van der Waals surface area contributed by atoms with Gasteiger partial charge in [-0.15, -0.1) is 0 Å². The van der Waals surface area contributed by atoms with Gasteiger partial charge in [-0.05, 0) is 93.1 Å². The molecule has 3 rings (SSSR count). The van der Waals surface area contributed by atoms with Crippen molar-refractivity contribution in [2.24, 2.45) is 0 Å². The molecule has 3 aromatic rings. The number of ether oxygens (including phenoxy) is 1. The average Bonchev–Trinajstić information content (AvgIpc) is 2.90. The van der Waals surface area contributed by atoms with E-state index in [9.17, 15) is 29.1 Å². The molecule has 7 nitrogen and oxygen atoms in total. The van der Waals surface area contributed by atoms with Crippen LogP contribution in [0.15, 0.2) is 92.0 Å². The largest absolute Gasteiger partial charge is 0.508 e. The zero-order chi connectivity index (χ0) is 28.0. The minimum Gasteiger partial charge on any atom is -0.508 e. The zero-order valence-electron chi connectivity index (χ0n) is 20.9. The fraction of sp³-hybridized carbons (Fsp3) is 0.100. The predicted molar refractivity (Wildman–Crippen MR) is 141 cm³/mol. The van der Waals surface area contributed by atoms with Crippen molar-refractivity contribution in [3.05, 3.63) is 120 Å². The first-order valence-electron chi connectivity index (χ1n) is 11.0. The first-order chi connectivity index (χ1) is 17.5. The van der Waals surface area contributed by atoms with Gasteiger partial charge in [-0.25, -0.2) is 4.79 Å². The zero-order valence-corrected chi connectivity index (χ0v) is 20.9. The molecule has 0 aliphatic rings. The van der Waals surface area contributed by atoms with Crippen molar-refractivity contribution in [3.8, 4) is 11.5 Å². The number of hydrogen-bond acceptors (Lipinski definition) is 7. The summed E-state index contributed by atoms with van der Waals surface area (Å²) in [5.41, 5.74) is 3.19. The second kappa shape index (κ2) is 15.2. The maximum absolute atomic E-state index is 12.5. The van der Waals surface area contributed by atoms with E-state index in [1.807, 2.05) is 19.1 Å². The van der Waals surface area contributed by atoms with E-state index < -0.39 is 11.8 Å². The third-order valence-corrected chi connectivity index (χ3v) is 4.66. The summed E-state index contributed by atoms with van der Waals surface area (Å²) in [5.74, 6) is -0.635. The summed E-state index contributed by atoms with van der Waals surface area (Å²) in [6, 6.07) is 18.1. The lowest BCUT2D eigenvalue weighted by Gasteiger charge is -2.09. The molecule has 37 heavy (non-hydrogen) atoms. The molecule has 0 atom stereocenters. The molecule has 0 bridgehead atoms. The standard InChI is InChI=1S/C22H18O4.C4H4O2.C4H6O/c1-14-3-5-17(6-4-14)22(25)26-20-12-9-18(13-15(20)2)21(24)16-7-10-19(23)11-8-16;1-2-4(6)3-5;1-3-4(2)5/h3-13,23H,1-2H3;2-3H,1H2;3H,1H2,2H3. The Hall–Kier alpha value is -4.91. The van der Waals surface area contributed by atoms with E-state index in [-0.39, 0.29) is 23.6 Å². The minimum atomic E-state index is -0.574. The molecule has 0 aromatic heterocycles. The SMILES string of the molecule is C=CC(=O)C=O.C=CC(C)=O.Cc1ccc(C(=O)Oc2ccc(C(=O)c3ccc(O)cc3)cc2C)cc1. The number of allylic oxidation sites excluding steroid dienone is 2. The van der Waals surface area contributed by atoms with Crippen molar-refractivity contribution >= 4 is 29.6 Å². The monoisotopic (exact) mass is 500 g/mol. The molecule has 0 unspecified atom stereocenters.